The molecule has 11 rings (SSSR count). The van der Waals surface area contributed by atoms with E-state index in [0.29, 0.717) is 0 Å². The van der Waals surface area contributed by atoms with Crippen molar-refractivity contribution in [3.63, 3.8) is 0 Å². The highest BCUT2D eigenvalue weighted by Gasteiger charge is 2.18. The Morgan fingerprint density at radius 1 is 0.434 bits per heavy atom. The number of benzene rings is 8. The first kappa shape index (κ1) is 29.5. The molecule has 0 atom stereocenters. The van der Waals surface area contributed by atoms with Crippen LogP contribution in [0.2, 0.25) is 0 Å². The number of hydrogen-bond acceptors (Lipinski definition) is 3. The average Bonchev–Trinajstić information content (AvgIpc) is 3.77. The summed E-state index contributed by atoms with van der Waals surface area (Å²) >= 11 is 0. The molecule has 3 aromatic heterocycles. The van der Waals surface area contributed by atoms with E-state index in [1.165, 1.54) is 43.4 Å². The Morgan fingerprint density at radius 3 is 2.06 bits per heavy atom. The number of nitrogens with zero attached hydrogens (tertiary/aromatic N) is 3. The summed E-state index contributed by atoms with van der Waals surface area (Å²) in [6.07, 6.45) is 3.66. The van der Waals surface area contributed by atoms with Gasteiger partial charge in [-0.2, -0.15) is 0 Å². The number of rotatable bonds is 5. The molecule has 0 spiro atoms. The molecule has 0 radical (unpaired) electrons. The highest BCUT2D eigenvalue weighted by molar-refractivity contribution is 6.18. The van der Waals surface area contributed by atoms with Gasteiger partial charge in [-0.3, -0.25) is 4.98 Å². The number of hydrogen-bond donors (Lipinski definition) is 0. The number of anilines is 3. The summed E-state index contributed by atoms with van der Waals surface area (Å²) in [5, 5.41) is 9.45. The van der Waals surface area contributed by atoms with Crippen molar-refractivity contribution in [1.29, 1.82) is 0 Å². The van der Waals surface area contributed by atoms with E-state index in [2.05, 4.69) is 184 Å². The first-order valence-corrected chi connectivity index (χ1v) is 17.9. The molecule has 0 N–H and O–H groups in total. The van der Waals surface area contributed by atoms with Gasteiger partial charge in [-0.15, -0.1) is 0 Å². The maximum atomic E-state index is 6.19. The molecular weight excluding hydrogens is 647 g/mol. The molecule has 0 aliphatic carbocycles. The smallest absolute Gasteiger partial charge is 0.138 e. The van der Waals surface area contributed by atoms with E-state index in [9.17, 15) is 0 Å². The SMILES string of the molecule is c1cc(-c2cccc(-n3c4ccccc4c4ccc5ccccc5c43)c2)cc(N(c2ccc3ccccc3c2)c2ccc3oc4ccncc4c3c2)c1. The van der Waals surface area contributed by atoms with Crippen molar-refractivity contribution >= 4 is 82.4 Å². The minimum Gasteiger partial charge on any atom is -0.456 e. The summed E-state index contributed by atoms with van der Waals surface area (Å²) in [5.41, 5.74) is 10.7. The average molecular weight is 678 g/mol. The molecule has 4 nitrogen and oxygen atoms in total. The van der Waals surface area contributed by atoms with E-state index in [0.717, 1.165) is 55.8 Å². The van der Waals surface area contributed by atoms with Crippen molar-refractivity contribution in [3.8, 4) is 16.8 Å². The Labute approximate surface area is 305 Å². The van der Waals surface area contributed by atoms with Gasteiger partial charge in [0.15, 0.2) is 0 Å². The zero-order valence-corrected chi connectivity index (χ0v) is 28.6. The maximum Gasteiger partial charge on any atom is 0.138 e. The van der Waals surface area contributed by atoms with Crippen LogP contribution < -0.4 is 4.90 Å². The van der Waals surface area contributed by atoms with Crippen LogP contribution in [0.5, 0.6) is 0 Å². The Morgan fingerprint density at radius 2 is 1.13 bits per heavy atom. The van der Waals surface area contributed by atoms with E-state index < -0.39 is 0 Å². The Hall–Kier alpha value is -7.17. The summed E-state index contributed by atoms with van der Waals surface area (Å²) in [5.74, 6) is 0. The van der Waals surface area contributed by atoms with Gasteiger partial charge in [0.05, 0.1) is 11.0 Å². The lowest BCUT2D eigenvalue weighted by molar-refractivity contribution is 0.668. The van der Waals surface area contributed by atoms with Crippen molar-refractivity contribution < 1.29 is 4.42 Å². The lowest BCUT2D eigenvalue weighted by atomic mass is 10.0. The second kappa shape index (κ2) is 11.7. The van der Waals surface area contributed by atoms with Gasteiger partial charge >= 0.3 is 0 Å². The molecule has 0 fully saturated rings. The topological polar surface area (TPSA) is 34.2 Å². The highest BCUT2D eigenvalue weighted by Crippen LogP contribution is 2.42. The highest BCUT2D eigenvalue weighted by atomic mass is 16.3. The van der Waals surface area contributed by atoms with Gasteiger partial charge in [-0.05, 0) is 94.0 Å². The van der Waals surface area contributed by atoms with E-state index in [-0.39, 0.29) is 0 Å². The van der Waals surface area contributed by atoms with Crippen LogP contribution in [0.4, 0.5) is 17.1 Å². The van der Waals surface area contributed by atoms with Crippen molar-refractivity contribution in [2.45, 2.75) is 0 Å². The molecule has 11 aromatic rings. The van der Waals surface area contributed by atoms with Gasteiger partial charge in [0.1, 0.15) is 11.2 Å². The number of para-hydroxylation sites is 1. The van der Waals surface area contributed by atoms with Gasteiger partial charge in [-0.25, -0.2) is 0 Å². The lowest BCUT2D eigenvalue weighted by Crippen LogP contribution is -2.10. The molecule has 4 heteroatoms. The van der Waals surface area contributed by atoms with Crippen LogP contribution in [0.15, 0.2) is 193 Å². The van der Waals surface area contributed by atoms with Crippen molar-refractivity contribution in [2.75, 3.05) is 4.90 Å². The van der Waals surface area contributed by atoms with Crippen molar-refractivity contribution in [3.05, 3.63) is 188 Å². The zero-order valence-electron chi connectivity index (χ0n) is 28.6. The molecule has 53 heavy (non-hydrogen) atoms. The summed E-state index contributed by atoms with van der Waals surface area (Å²) in [7, 11) is 0. The quantitative estimate of drug-likeness (QED) is 0.182. The minimum atomic E-state index is 0.836. The molecule has 0 saturated carbocycles. The van der Waals surface area contributed by atoms with Crippen LogP contribution >= 0.6 is 0 Å². The first-order valence-electron chi connectivity index (χ1n) is 17.9. The van der Waals surface area contributed by atoms with E-state index in [1.807, 2.05) is 12.3 Å². The van der Waals surface area contributed by atoms with Crippen LogP contribution in [0, 0.1) is 0 Å². The van der Waals surface area contributed by atoms with E-state index in [4.69, 9.17) is 4.42 Å². The lowest BCUT2D eigenvalue weighted by Gasteiger charge is -2.26. The second-order valence-electron chi connectivity index (χ2n) is 13.7. The third kappa shape index (κ3) is 4.73. The number of aromatic nitrogens is 2. The molecule has 0 unspecified atom stereocenters. The number of furan rings is 1. The predicted octanol–water partition coefficient (Wildman–Crippen LogP) is 13.5. The van der Waals surface area contributed by atoms with Crippen LogP contribution in [-0.4, -0.2) is 9.55 Å². The molecule has 0 aliphatic heterocycles. The molecule has 0 aliphatic rings. The molecule has 8 aromatic carbocycles. The standard InChI is InChI=1S/C49H31N3O/c1-2-11-34-27-39(21-19-32(34)9-1)51(40-22-24-47-44(30-40)45-31-50-26-25-48(45)53-47)37-14-7-12-35(28-37)36-13-8-15-38(29-36)52-46-18-6-5-17-42(46)43-23-20-33-10-3-4-16-41(33)49(43)52/h1-31H. The normalized spacial score (nSPS) is 11.8. The summed E-state index contributed by atoms with van der Waals surface area (Å²) in [6.45, 7) is 0. The molecule has 0 bridgehead atoms. The summed E-state index contributed by atoms with van der Waals surface area (Å²) in [6, 6.07) is 63.3. The van der Waals surface area contributed by atoms with Crippen LogP contribution in [0.1, 0.15) is 0 Å². The fourth-order valence-electron chi connectivity index (χ4n) is 8.16. The molecular formula is C49H31N3O. The minimum absolute atomic E-state index is 0.836. The van der Waals surface area contributed by atoms with Gasteiger partial charge in [-0.1, -0.05) is 109 Å². The van der Waals surface area contributed by atoms with Gasteiger partial charge in [0.2, 0.25) is 0 Å². The molecule has 0 saturated heterocycles. The summed E-state index contributed by atoms with van der Waals surface area (Å²) in [4.78, 5) is 6.74. The molecule has 0 amide bonds. The Balaban J connectivity index is 1.09. The van der Waals surface area contributed by atoms with Crippen LogP contribution in [0.3, 0.4) is 0 Å². The van der Waals surface area contributed by atoms with Gasteiger partial charge in [0.25, 0.3) is 0 Å². The maximum absolute atomic E-state index is 6.19. The largest absolute Gasteiger partial charge is 0.456 e. The Kier molecular flexibility index (Phi) is 6.52. The van der Waals surface area contributed by atoms with E-state index >= 15 is 0 Å². The van der Waals surface area contributed by atoms with E-state index in [1.54, 1.807) is 6.20 Å². The van der Waals surface area contributed by atoms with Crippen LogP contribution in [0.25, 0.3) is 82.1 Å². The molecule has 248 valence electrons. The zero-order chi connectivity index (χ0) is 34.9. The second-order valence-corrected chi connectivity index (χ2v) is 13.7. The van der Waals surface area contributed by atoms with Crippen molar-refractivity contribution in [1.82, 2.24) is 9.55 Å². The summed E-state index contributed by atoms with van der Waals surface area (Å²) < 4.78 is 8.62. The van der Waals surface area contributed by atoms with Crippen molar-refractivity contribution in [2.24, 2.45) is 0 Å². The number of pyridine rings is 1. The van der Waals surface area contributed by atoms with Gasteiger partial charge in [0, 0.05) is 62.1 Å². The monoisotopic (exact) mass is 677 g/mol. The molecule has 3 heterocycles. The predicted molar refractivity (Wildman–Crippen MR) is 221 cm³/mol. The van der Waals surface area contributed by atoms with Crippen LogP contribution in [-0.2, 0) is 0 Å². The number of fused-ring (bicyclic) bond motifs is 9. The first-order chi connectivity index (χ1) is 26.3. The third-order valence-electron chi connectivity index (χ3n) is 10.6. The fourth-order valence-corrected chi connectivity index (χ4v) is 8.16. The Bertz CT molecular complexity index is 3210. The van der Waals surface area contributed by atoms with Gasteiger partial charge < -0.3 is 13.9 Å². The fraction of sp³-hybridized carbons (Fsp3) is 0. The third-order valence-corrected chi connectivity index (χ3v) is 10.6.